The molecule has 0 radical (unpaired) electrons. The molecule has 1 fully saturated rings. The second-order valence-electron chi connectivity index (χ2n) is 6.71. The zero-order chi connectivity index (χ0) is 17.1. The fourth-order valence-corrected chi connectivity index (χ4v) is 3.70. The topological polar surface area (TPSA) is 19.4 Å². The van der Waals surface area contributed by atoms with Crippen LogP contribution in [0.25, 0.3) is 10.9 Å². The van der Waals surface area contributed by atoms with Crippen molar-refractivity contribution < 1.29 is 0 Å². The van der Waals surface area contributed by atoms with E-state index in [9.17, 15) is 0 Å². The number of hydrogen-bond acceptors (Lipinski definition) is 3. The first-order chi connectivity index (χ1) is 12.3. The molecular weight excluding hydrogens is 374 g/mol. The molecule has 1 aromatic heterocycles. The van der Waals surface area contributed by atoms with Crippen LogP contribution in [0.4, 0.5) is 0 Å². The largest absolute Gasteiger partial charge is 0.297 e. The monoisotopic (exact) mass is 395 g/mol. The summed E-state index contributed by atoms with van der Waals surface area (Å²) in [5.41, 5.74) is 3.84. The quantitative estimate of drug-likeness (QED) is 0.655. The molecule has 25 heavy (non-hydrogen) atoms. The maximum atomic E-state index is 4.40. The average Bonchev–Trinajstić information content (AvgIpc) is 2.65. The molecule has 1 saturated heterocycles. The highest BCUT2D eigenvalue weighted by Gasteiger charge is 2.17. The number of halogens is 1. The lowest BCUT2D eigenvalue weighted by atomic mass is 10.1. The first-order valence-corrected chi connectivity index (χ1v) is 9.58. The standard InChI is InChI=1S/C21H22BrN3/c22-20-6-3-17(4-7-20)15-24-10-12-25(13-11-24)16-18-5-8-21-19(14-18)2-1-9-23-21/h1-9,14H,10-13,15-16H2. The molecule has 128 valence electrons. The molecule has 0 aliphatic carbocycles. The fraction of sp³-hybridized carbons (Fsp3) is 0.286. The van der Waals surface area contributed by atoms with Gasteiger partial charge in [0.05, 0.1) is 5.52 Å². The van der Waals surface area contributed by atoms with E-state index in [0.717, 1.165) is 49.3 Å². The number of aromatic nitrogens is 1. The summed E-state index contributed by atoms with van der Waals surface area (Å²) < 4.78 is 1.15. The predicted octanol–water partition coefficient (Wildman–Crippen LogP) is 4.32. The summed E-state index contributed by atoms with van der Waals surface area (Å²) in [5, 5.41) is 1.23. The molecule has 1 aliphatic rings. The van der Waals surface area contributed by atoms with Gasteiger partial charge >= 0.3 is 0 Å². The molecule has 1 aliphatic heterocycles. The zero-order valence-corrected chi connectivity index (χ0v) is 15.8. The summed E-state index contributed by atoms with van der Waals surface area (Å²) in [4.78, 5) is 9.50. The van der Waals surface area contributed by atoms with Gasteiger partial charge in [0.2, 0.25) is 0 Å². The van der Waals surface area contributed by atoms with Gasteiger partial charge in [-0.05, 0) is 41.5 Å². The Labute approximate surface area is 157 Å². The maximum absolute atomic E-state index is 4.40. The lowest BCUT2D eigenvalue weighted by Crippen LogP contribution is -2.45. The Hall–Kier alpha value is -1.75. The van der Waals surface area contributed by atoms with Crippen LogP contribution in [0.3, 0.4) is 0 Å². The van der Waals surface area contributed by atoms with E-state index in [0.29, 0.717) is 0 Å². The van der Waals surface area contributed by atoms with E-state index in [2.05, 4.69) is 79.2 Å². The molecule has 2 aromatic carbocycles. The van der Waals surface area contributed by atoms with E-state index in [1.165, 1.54) is 16.5 Å². The van der Waals surface area contributed by atoms with Crippen molar-refractivity contribution in [2.45, 2.75) is 13.1 Å². The van der Waals surface area contributed by atoms with Gasteiger partial charge < -0.3 is 0 Å². The second-order valence-corrected chi connectivity index (χ2v) is 7.62. The van der Waals surface area contributed by atoms with Crippen molar-refractivity contribution in [1.29, 1.82) is 0 Å². The van der Waals surface area contributed by atoms with E-state index in [4.69, 9.17) is 0 Å². The van der Waals surface area contributed by atoms with Gasteiger partial charge in [-0.2, -0.15) is 0 Å². The highest BCUT2D eigenvalue weighted by atomic mass is 79.9. The molecule has 0 unspecified atom stereocenters. The minimum Gasteiger partial charge on any atom is -0.297 e. The normalized spacial score (nSPS) is 16.4. The van der Waals surface area contributed by atoms with Crippen molar-refractivity contribution in [3.8, 4) is 0 Å². The SMILES string of the molecule is Brc1ccc(CN2CCN(Cc3ccc4ncccc4c3)CC2)cc1. The molecular formula is C21H22BrN3. The summed E-state index contributed by atoms with van der Waals surface area (Å²) >= 11 is 3.50. The van der Waals surface area contributed by atoms with Crippen LogP contribution in [-0.2, 0) is 13.1 Å². The van der Waals surface area contributed by atoms with Crippen molar-refractivity contribution >= 4 is 26.8 Å². The Morgan fingerprint density at radius 2 is 1.44 bits per heavy atom. The van der Waals surface area contributed by atoms with E-state index >= 15 is 0 Å². The molecule has 0 spiro atoms. The van der Waals surface area contributed by atoms with Crippen molar-refractivity contribution in [2.24, 2.45) is 0 Å². The van der Waals surface area contributed by atoms with Gasteiger partial charge in [0.15, 0.2) is 0 Å². The minimum absolute atomic E-state index is 1.02. The molecule has 3 nitrogen and oxygen atoms in total. The lowest BCUT2D eigenvalue weighted by molar-refractivity contribution is 0.122. The molecule has 0 bridgehead atoms. The number of benzene rings is 2. The Bertz CT molecular complexity index is 839. The molecule has 0 amide bonds. The van der Waals surface area contributed by atoms with Crippen molar-refractivity contribution in [1.82, 2.24) is 14.8 Å². The summed E-state index contributed by atoms with van der Waals surface area (Å²) in [6.07, 6.45) is 1.85. The molecule has 4 rings (SSSR count). The highest BCUT2D eigenvalue weighted by Crippen LogP contribution is 2.17. The minimum atomic E-state index is 1.02. The number of pyridine rings is 1. The van der Waals surface area contributed by atoms with Gasteiger partial charge in [-0.25, -0.2) is 0 Å². The molecule has 0 saturated carbocycles. The lowest BCUT2D eigenvalue weighted by Gasteiger charge is -2.34. The van der Waals surface area contributed by atoms with Crippen LogP contribution in [0.15, 0.2) is 65.3 Å². The summed E-state index contributed by atoms with van der Waals surface area (Å²) in [6, 6.07) is 19.4. The maximum Gasteiger partial charge on any atom is 0.0702 e. The van der Waals surface area contributed by atoms with Crippen molar-refractivity contribution in [3.63, 3.8) is 0 Å². The summed E-state index contributed by atoms with van der Waals surface area (Å²) in [5.74, 6) is 0. The van der Waals surface area contributed by atoms with Crippen LogP contribution >= 0.6 is 15.9 Å². The van der Waals surface area contributed by atoms with Crippen molar-refractivity contribution in [2.75, 3.05) is 26.2 Å². The van der Waals surface area contributed by atoms with Gasteiger partial charge in [-0.1, -0.05) is 40.2 Å². The summed E-state index contributed by atoms with van der Waals surface area (Å²) in [6.45, 7) is 6.58. The fourth-order valence-electron chi connectivity index (χ4n) is 3.44. The Kier molecular flexibility index (Phi) is 5.11. The Balaban J connectivity index is 1.32. The number of fused-ring (bicyclic) bond motifs is 1. The molecule has 3 aromatic rings. The Morgan fingerprint density at radius 1 is 0.800 bits per heavy atom. The van der Waals surface area contributed by atoms with E-state index in [1.807, 2.05) is 12.3 Å². The van der Waals surface area contributed by atoms with E-state index < -0.39 is 0 Å². The van der Waals surface area contributed by atoms with Gasteiger partial charge in [0.25, 0.3) is 0 Å². The van der Waals surface area contributed by atoms with Crippen LogP contribution < -0.4 is 0 Å². The van der Waals surface area contributed by atoms with E-state index in [-0.39, 0.29) is 0 Å². The smallest absolute Gasteiger partial charge is 0.0702 e. The third-order valence-corrected chi connectivity index (χ3v) is 5.39. The van der Waals surface area contributed by atoms with Crippen molar-refractivity contribution in [3.05, 3.63) is 76.4 Å². The predicted molar refractivity (Wildman–Crippen MR) is 106 cm³/mol. The van der Waals surface area contributed by atoms with Crippen LogP contribution in [0, 0.1) is 0 Å². The Morgan fingerprint density at radius 3 is 2.16 bits per heavy atom. The molecule has 0 atom stereocenters. The van der Waals surface area contributed by atoms with Gasteiger partial charge in [0, 0.05) is 55.3 Å². The van der Waals surface area contributed by atoms with Crippen LogP contribution in [0.1, 0.15) is 11.1 Å². The second kappa shape index (κ2) is 7.65. The average molecular weight is 396 g/mol. The van der Waals surface area contributed by atoms with Gasteiger partial charge in [-0.3, -0.25) is 14.8 Å². The third kappa shape index (κ3) is 4.27. The first kappa shape index (κ1) is 16.7. The number of hydrogen-bond donors (Lipinski definition) is 0. The molecule has 2 heterocycles. The third-order valence-electron chi connectivity index (χ3n) is 4.86. The molecule has 0 N–H and O–H groups in total. The zero-order valence-electron chi connectivity index (χ0n) is 14.2. The van der Waals surface area contributed by atoms with Gasteiger partial charge in [-0.15, -0.1) is 0 Å². The first-order valence-electron chi connectivity index (χ1n) is 8.79. The van der Waals surface area contributed by atoms with Crippen LogP contribution in [-0.4, -0.2) is 41.0 Å². The number of nitrogens with zero attached hydrogens (tertiary/aromatic N) is 3. The number of piperazine rings is 1. The van der Waals surface area contributed by atoms with Crippen LogP contribution in [0.2, 0.25) is 0 Å². The summed E-state index contributed by atoms with van der Waals surface area (Å²) in [7, 11) is 0. The number of rotatable bonds is 4. The van der Waals surface area contributed by atoms with Gasteiger partial charge in [0.1, 0.15) is 0 Å². The van der Waals surface area contributed by atoms with E-state index in [1.54, 1.807) is 0 Å². The van der Waals surface area contributed by atoms with Crippen LogP contribution in [0.5, 0.6) is 0 Å². The highest BCUT2D eigenvalue weighted by molar-refractivity contribution is 9.10. The molecule has 4 heteroatoms.